The van der Waals surface area contributed by atoms with Crippen molar-refractivity contribution in [2.45, 2.75) is 156 Å². The van der Waals surface area contributed by atoms with Gasteiger partial charge in [0.2, 0.25) is 0 Å². The third kappa shape index (κ3) is 11.4. The van der Waals surface area contributed by atoms with Gasteiger partial charge in [0.1, 0.15) is 0 Å². The van der Waals surface area contributed by atoms with E-state index in [2.05, 4.69) is 57.5 Å². The first-order valence-corrected chi connectivity index (χ1v) is 18.5. The molecule has 6 unspecified atom stereocenters. The number of carbonyl (C=O) groups is 3. The molecule has 1 aromatic rings. The normalized spacial score (nSPS) is 27.4. The Morgan fingerprint density at radius 1 is 0.511 bits per heavy atom. The molecule has 1 aromatic carbocycles. The summed E-state index contributed by atoms with van der Waals surface area (Å²) in [4.78, 5) is 41.1. The summed E-state index contributed by atoms with van der Waals surface area (Å²) in [5.74, 6) is 3.29. The zero-order valence-electron chi connectivity index (χ0n) is 29.3. The second-order valence-corrected chi connectivity index (χ2v) is 16.3. The topological polar surface area (TPSA) is 87.3 Å². The number of amides is 3. The maximum Gasteiger partial charge on any atom is 0.251 e. The van der Waals surface area contributed by atoms with Gasteiger partial charge in [0.15, 0.2) is 0 Å². The Labute approximate surface area is 274 Å². The second kappa shape index (κ2) is 17.0. The highest BCUT2D eigenvalue weighted by Crippen LogP contribution is 2.32. The highest BCUT2D eigenvalue weighted by atomic mass is 16.2. The molecule has 0 aromatic heterocycles. The molecule has 6 heteroatoms. The minimum atomic E-state index is -0.182. The van der Waals surface area contributed by atoms with Gasteiger partial charge in [-0.3, -0.25) is 14.4 Å². The number of benzene rings is 1. The highest BCUT2D eigenvalue weighted by molar-refractivity contribution is 6.04. The largest absolute Gasteiger partial charge is 0.349 e. The number of carbonyl (C=O) groups excluding carboxylic acids is 3. The number of rotatable bonds is 12. The van der Waals surface area contributed by atoms with E-state index in [0.717, 1.165) is 57.8 Å². The molecular weight excluding hydrogens is 558 g/mol. The molecule has 3 aliphatic rings. The van der Waals surface area contributed by atoms with Crippen LogP contribution >= 0.6 is 0 Å². The molecule has 0 heterocycles. The molecule has 0 aliphatic heterocycles. The van der Waals surface area contributed by atoms with Crippen LogP contribution in [-0.2, 0) is 0 Å². The summed E-state index contributed by atoms with van der Waals surface area (Å²) < 4.78 is 0. The fourth-order valence-electron chi connectivity index (χ4n) is 8.74. The monoisotopic (exact) mass is 621 g/mol. The first-order chi connectivity index (χ1) is 21.4. The highest BCUT2D eigenvalue weighted by Gasteiger charge is 2.28. The van der Waals surface area contributed by atoms with E-state index >= 15 is 0 Å². The molecule has 0 radical (unpaired) electrons. The van der Waals surface area contributed by atoms with Crippen LogP contribution in [0.2, 0.25) is 0 Å². The number of nitrogens with one attached hydrogen (secondary N) is 3. The number of hydrogen-bond acceptors (Lipinski definition) is 3. The molecule has 3 aliphatic carbocycles. The molecule has 3 saturated carbocycles. The molecule has 0 saturated heterocycles. The van der Waals surface area contributed by atoms with Crippen molar-refractivity contribution in [1.29, 1.82) is 0 Å². The smallest absolute Gasteiger partial charge is 0.251 e. The lowest BCUT2D eigenvalue weighted by atomic mass is 9.81. The van der Waals surface area contributed by atoms with Crippen LogP contribution in [0, 0.1) is 35.5 Å². The summed E-state index contributed by atoms with van der Waals surface area (Å²) >= 11 is 0. The van der Waals surface area contributed by atoms with Crippen molar-refractivity contribution in [3.63, 3.8) is 0 Å². The van der Waals surface area contributed by atoms with Crippen LogP contribution in [-0.4, -0.2) is 35.8 Å². The standard InChI is InChI=1S/C39H63N3O3/c1-25(2)16-28-10-7-13-34(19-28)40-37(43)31-22-32(38(44)41-35-14-8-11-29(20-35)17-26(3)4)24-33(23-31)39(45)42-36-15-9-12-30(21-36)18-27(5)6/h22-30,34-36H,7-21H2,1-6H3,(H,40,43)(H,41,44)(H,42,45). The van der Waals surface area contributed by atoms with Crippen molar-refractivity contribution >= 4 is 17.7 Å². The first-order valence-electron chi connectivity index (χ1n) is 18.5. The Bertz CT molecular complexity index is 978. The molecule has 3 N–H and O–H groups in total. The third-order valence-electron chi connectivity index (χ3n) is 10.5. The average molecular weight is 622 g/mol. The SMILES string of the molecule is CC(C)CC1CCCC(NC(=O)c2cc(C(=O)NC3CCCC(CC(C)C)C3)cc(C(=O)NC3CCCC(CC(C)C)C3)c2)C1. The molecule has 0 spiro atoms. The minimum Gasteiger partial charge on any atom is -0.349 e. The van der Waals surface area contributed by atoms with E-state index in [1.807, 2.05) is 0 Å². The van der Waals surface area contributed by atoms with Gasteiger partial charge in [0.05, 0.1) is 0 Å². The molecular formula is C39H63N3O3. The van der Waals surface area contributed by atoms with E-state index < -0.39 is 0 Å². The van der Waals surface area contributed by atoms with Gasteiger partial charge in [0.25, 0.3) is 17.7 Å². The summed E-state index contributed by atoms with van der Waals surface area (Å²) in [7, 11) is 0. The minimum absolute atomic E-state index is 0.130. The van der Waals surface area contributed by atoms with Crippen LogP contribution in [0.5, 0.6) is 0 Å². The van der Waals surface area contributed by atoms with E-state index in [1.54, 1.807) is 18.2 Å². The molecule has 45 heavy (non-hydrogen) atoms. The van der Waals surface area contributed by atoms with Gasteiger partial charge in [-0.15, -0.1) is 0 Å². The van der Waals surface area contributed by atoms with Crippen molar-refractivity contribution in [2.75, 3.05) is 0 Å². The van der Waals surface area contributed by atoms with Crippen LogP contribution in [0.25, 0.3) is 0 Å². The van der Waals surface area contributed by atoms with E-state index in [1.165, 1.54) is 38.5 Å². The van der Waals surface area contributed by atoms with E-state index in [-0.39, 0.29) is 35.8 Å². The number of hydrogen-bond donors (Lipinski definition) is 3. The van der Waals surface area contributed by atoms with Crippen molar-refractivity contribution in [2.24, 2.45) is 35.5 Å². The second-order valence-electron chi connectivity index (χ2n) is 16.3. The Hall–Kier alpha value is -2.37. The summed E-state index contributed by atoms with van der Waals surface area (Å²) in [5.41, 5.74) is 1.21. The van der Waals surface area contributed by atoms with Crippen molar-refractivity contribution < 1.29 is 14.4 Å². The van der Waals surface area contributed by atoms with Gasteiger partial charge < -0.3 is 16.0 Å². The van der Waals surface area contributed by atoms with Gasteiger partial charge in [-0.2, -0.15) is 0 Å². The predicted molar refractivity (Wildman–Crippen MR) is 184 cm³/mol. The summed E-state index contributed by atoms with van der Waals surface area (Å²) in [6.45, 7) is 13.6. The zero-order valence-corrected chi connectivity index (χ0v) is 29.3. The Kier molecular flexibility index (Phi) is 13.4. The van der Waals surface area contributed by atoms with Gasteiger partial charge >= 0.3 is 0 Å². The molecule has 6 nitrogen and oxygen atoms in total. The quantitative estimate of drug-likeness (QED) is 0.218. The van der Waals surface area contributed by atoms with E-state index in [4.69, 9.17) is 0 Å². The lowest BCUT2D eigenvalue weighted by Gasteiger charge is -2.31. The van der Waals surface area contributed by atoms with E-state index in [9.17, 15) is 14.4 Å². The van der Waals surface area contributed by atoms with Gasteiger partial charge in [-0.05, 0) is 111 Å². The van der Waals surface area contributed by atoms with Crippen LogP contribution in [0.15, 0.2) is 18.2 Å². The maximum absolute atomic E-state index is 13.7. The molecule has 0 bridgehead atoms. The van der Waals surface area contributed by atoms with Crippen molar-refractivity contribution in [3.8, 4) is 0 Å². The lowest BCUT2D eigenvalue weighted by molar-refractivity contribution is 0.0916. The summed E-state index contributed by atoms with van der Waals surface area (Å²) in [5, 5.41) is 9.84. The Morgan fingerprint density at radius 2 is 0.778 bits per heavy atom. The predicted octanol–water partition coefficient (Wildman–Crippen LogP) is 8.69. The van der Waals surface area contributed by atoms with Crippen LogP contribution < -0.4 is 16.0 Å². The summed E-state index contributed by atoms with van der Waals surface area (Å²) in [6.07, 6.45) is 16.5. The lowest BCUT2D eigenvalue weighted by Crippen LogP contribution is -2.40. The molecule has 6 atom stereocenters. The van der Waals surface area contributed by atoms with Crippen LogP contribution in [0.4, 0.5) is 0 Å². The molecule has 3 fully saturated rings. The third-order valence-corrected chi connectivity index (χ3v) is 10.5. The Morgan fingerprint density at radius 3 is 1.02 bits per heavy atom. The average Bonchev–Trinajstić information content (AvgIpc) is 2.96. The fraction of sp³-hybridized carbons (Fsp3) is 0.769. The molecule has 3 amide bonds. The maximum atomic E-state index is 13.7. The van der Waals surface area contributed by atoms with Crippen LogP contribution in [0.3, 0.4) is 0 Å². The first kappa shape index (κ1) is 35.5. The summed E-state index contributed by atoms with van der Waals surface area (Å²) in [6, 6.07) is 5.48. The van der Waals surface area contributed by atoms with Gasteiger partial charge in [0, 0.05) is 34.8 Å². The van der Waals surface area contributed by atoms with Gasteiger partial charge in [-0.1, -0.05) is 80.1 Å². The fourth-order valence-corrected chi connectivity index (χ4v) is 8.74. The zero-order chi connectivity index (χ0) is 32.5. The van der Waals surface area contributed by atoms with Crippen molar-refractivity contribution in [1.82, 2.24) is 16.0 Å². The van der Waals surface area contributed by atoms with Gasteiger partial charge in [-0.25, -0.2) is 0 Å². The van der Waals surface area contributed by atoms with E-state index in [0.29, 0.717) is 52.2 Å². The molecule has 4 rings (SSSR count). The van der Waals surface area contributed by atoms with Crippen LogP contribution in [0.1, 0.15) is 169 Å². The Balaban J connectivity index is 1.50. The van der Waals surface area contributed by atoms with Crippen molar-refractivity contribution in [3.05, 3.63) is 34.9 Å². The molecule has 252 valence electrons.